The van der Waals surface area contributed by atoms with Gasteiger partial charge < -0.3 is 10.2 Å². The number of nitrogens with one attached hydrogen (secondary N) is 1. The third-order valence-corrected chi connectivity index (χ3v) is 4.87. The molecule has 0 bridgehead atoms. The fourth-order valence-electron chi connectivity index (χ4n) is 3.57. The summed E-state index contributed by atoms with van der Waals surface area (Å²) in [6.45, 7) is 2.65. The van der Waals surface area contributed by atoms with Gasteiger partial charge in [0, 0.05) is 19.1 Å². The molecule has 2 heteroatoms. The van der Waals surface area contributed by atoms with Crippen molar-refractivity contribution in [1.29, 1.82) is 0 Å². The van der Waals surface area contributed by atoms with E-state index in [-0.39, 0.29) is 0 Å². The Labute approximate surface area is 107 Å². The molecule has 0 aromatic rings. The van der Waals surface area contributed by atoms with Gasteiger partial charge in [-0.1, -0.05) is 25.7 Å². The maximum Gasteiger partial charge on any atom is 0.0104 e. The predicted molar refractivity (Wildman–Crippen MR) is 74.3 cm³/mol. The summed E-state index contributed by atoms with van der Waals surface area (Å²) in [7, 11) is 4.48. The van der Waals surface area contributed by atoms with Crippen LogP contribution in [0.25, 0.3) is 0 Å². The molecule has 0 amide bonds. The van der Waals surface area contributed by atoms with Crippen LogP contribution in [-0.2, 0) is 0 Å². The van der Waals surface area contributed by atoms with Gasteiger partial charge in [-0.3, -0.25) is 0 Å². The van der Waals surface area contributed by atoms with Gasteiger partial charge in [0.1, 0.15) is 0 Å². The first kappa shape index (κ1) is 13.4. The Bertz CT molecular complexity index is 213. The van der Waals surface area contributed by atoms with E-state index in [1.807, 2.05) is 0 Å². The Morgan fingerprint density at radius 2 is 1.71 bits per heavy atom. The van der Waals surface area contributed by atoms with Gasteiger partial charge >= 0.3 is 0 Å². The highest BCUT2D eigenvalue weighted by Crippen LogP contribution is 2.28. The highest BCUT2D eigenvalue weighted by atomic mass is 15.1. The second-order valence-corrected chi connectivity index (χ2v) is 6.31. The summed E-state index contributed by atoms with van der Waals surface area (Å²) in [5, 5.41) is 3.55. The second-order valence-electron chi connectivity index (χ2n) is 6.31. The van der Waals surface area contributed by atoms with Gasteiger partial charge in [0.15, 0.2) is 0 Å². The van der Waals surface area contributed by atoms with Crippen LogP contribution in [0.1, 0.15) is 51.4 Å². The molecule has 17 heavy (non-hydrogen) atoms. The first-order chi connectivity index (χ1) is 8.29. The molecule has 2 saturated carbocycles. The molecule has 0 saturated heterocycles. The highest BCUT2D eigenvalue weighted by Gasteiger charge is 2.25. The first-order valence-electron chi connectivity index (χ1n) is 7.65. The average molecular weight is 238 g/mol. The summed E-state index contributed by atoms with van der Waals surface area (Å²) in [6.07, 6.45) is 11.6. The van der Waals surface area contributed by atoms with Crippen LogP contribution in [0.3, 0.4) is 0 Å². The number of rotatable bonds is 5. The van der Waals surface area contributed by atoms with Crippen LogP contribution < -0.4 is 5.32 Å². The lowest BCUT2D eigenvalue weighted by Crippen LogP contribution is -2.41. The molecule has 2 rings (SSSR count). The van der Waals surface area contributed by atoms with Crippen molar-refractivity contribution in [2.75, 3.05) is 27.2 Å². The van der Waals surface area contributed by atoms with E-state index in [0.717, 1.165) is 17.9 Å². The van der Waals surface area contributed by atoms with E-state index in [1.165, 1.54) is 64.5 Å². The maximum atomic E-state index is 3.55. The lowest BCUT2D eigenvalue weighted by Gasteiger charge is -2.34. The zero-order valence-corrected chi connectivity index (χ0v) is 11.8. The monoisotopic (exact) mass is 238 g/mol. The van der Waals surface area contributed by atoms with Gasteiger partial charge in [0.2, 0.25) is 0 Å². The topological polar surface area (TPSA) is 15.3 Å². The normalized spacial score (nSPS) is 31.2. The van der Waals surface area contributed by atoms with Gasteiger partial charge in [-0.2, -0.15) is 0 Å². The summed E-state index contributed by atoms with van der Waals surface area (Å²) in [5.41, 5.74) is 0. The van der Waals surface area contributed by atoms with E-state index in [4.69, 9.17) is 0 Å². The molecule has 2 unspecified atom stereocenters. The minimum Gasteiger partial charge on any atom is -0.317 e. The van der Waals surface area contributed by atoms with Crippen molar-refractivity contribution in [3.05, 3.63) is 0 Å². The molecular weight excluding hydrogens is 208 g/mol. The lowest BCUT2D eigenvalue weighted by atomic mass is 9.85. The Morgan fingerprint density at radius 1 is 0.941 bits per heavy atom. The van der Waals surface area contributed by atoms with Crippen LogP contribution in [0.5, 0.6) is 0 Å². The molecule has 0 spiro atoms. The highest BCUT2D eigenvalue weighted by molar-refractivity contribution is 4.81. The van der Waals surface area contributed by atoms with E-state index in [2.05, 4.69) is 24.3 Å². The number of hydrogen-bond acceptors (Lipinski definition) is 2. The van der Waals surface area contributed by atoms with Crippen LogP contribution >= 0.6 is 0 Å². The van der Waals surface area contributed by atoms with Gasteiger partial charge in [-0.05, 0) is 51.6 Å². The van der Waals surface area contributed by atoms with Gasteiger partial charge in [0.25, 0.3) is 0 Å². The molecule has 2 nitrogen and oxygen atoms in total. The molecule has 0 aliphatic heterocycles. The van der Waals surface area contributed by atoms with E-state index in [0.29, 0.717) is 0 Å². The van der Waals surface area contributed by atoms with Crippen molar-refractivity contribution in [3.63, 3.8) is 0 Å². The summed E-state index contributed by atoms with van der Waals surface area (Å²) < 4.78 is 0. The van der Waals surface area contributed by atoms with Crippen molar-refractivity contribution in [2.24, 2.45) is 11.8 Å². The average Bonchev–Trinajstić information content (AvgIpc) is 2.49. The maximum absolute atomic E-state index is 3.55. The molecule has 1 N–H and O–H groups in total. The third-order valence-electron chi connectivity index (χ3n) is 4.87. The summed E-state index contributed by atoms with van der Waals surface area (Å²) in [5.74, 6) is 1.89. The quantitative estimate of drug-likeness (QED) is 0.741. The molecular formula is C15H30N2. The van der Waals surface area contributed by atoms with Gasteiger partial charge in [-0.15, -0.1) is 0 Å². The molecule has 2 fully saturated rings. The van der Waals surface area contributed by atoms with Crippen molar-refractivity contribution in [2.45, 2.75) is 57.4 Å². The molecule has 100 valence electrons. The largest absolute Gasteiger partial charge is 0.317 e. The molecule has 0 heterocycles. The first-order valence-corrected chi connectivity index (χ1v) is 7.65. The molecule has 2 atom stereocenters. The van der Waals surface area contributed by atoms with E-state index in [9.17, 15) is 0 Å². The second kappa shape index (κ2) is 6.75. The fourth-order valence-corrected chi connectivity index (χ4v) is 3.57. The van der Waals surface area contributed by atoms with Crippen LogP contribution in [0.4, 0.5) is 0 Å². The van der Waals surface area contributed by atoms with Gasteiger partial charge in [-0.25, -0.2) is 0 Å². The Kier molecular flexibility index (Phi) is 5.30. The molecule has 0 aromatic carbocycles. The van der Waals surface area contributed by atoms with Crippen molar-refractivity contribution in [1.82, 2.24) is 10.2 Å². The molecule has 2 aliphatic rings. The zero-order valence-electron chi connectivity index (χ0n) is 11.8. The summed E-state index contributed by atoms with van der Waals surface area (Å²) >= 11 is 0. The molecule has 2 aliphatic carbocycles. The minimum atomic E-state index is 0.765. The number of hydrogen-bond donors (Lipinski definition) is 1. The minimum absolute atomic E-state index is 0.765. The zero-order chi connectivity index (χ0) is 12.1. The van der Waals surface area contributed by atoms with E-state index >= 15 is 0 Å². The van der Waals surface area contributed by atoms with Gasteiger partial charge in [0.05, 0.1) is 0 Å². The fraction of sp³-hybridized carbons (Fsp3) is 1.00. The number of nitrogens with zero attached hydrogens (tertiary/aromatic N) is 1. The van der Waals surface area contributed by atoms with Crippen molar-refractivity contribution in [3.8, 4) is 0 Å². The molecule has 0 aromatic heterocycles. The summed E-state index contributed by atoms with van der Waals surface area (Å²) in [6, 6.07) is 0.765. The standard InChI is InChI=1S/C15H30N2/c1-16-15-10-5-3-4-9-14(15)12-17(2)11-13-7-6-8-13/h13-16H,3-12H2,1-2H3. The van der Waals surface area contributed by atoms with Crippen LogP contribution in [0, 0.1) is 11.8 Å². The SMILES string of the molecule is CNC1CCCCCC1CN(C)CC1CCC1. The molecule has 0 radical (unpaired) electrons. The summed E-state index contributed by atoms with van der Waals surface area (Å²) in [4.78, 5) is 2.60. The predicted octanol–water partition coefficient (Wildman–Crippen LogP) is 2.89. The van der Waals surface area contributed by atoms with Crippen LogP contribution in [-0.4, -0.2) is 38.1 Å². The smallest absolute Gasteiger partial charge is 0.0104 e. The van der Waals surface area contributed by atoms with Crippen LogP contribution in [0.2, 0.25) is 0 Å². The third kappa shape index (κ3) is 3.96. The Balaban J connectivity index is 1.76. The van der Waals surface area contributed by atoms with E-state index in [1.54, 1.807) is 0 Å². The lowest BCUT2D eigenvalue weighted by molar-refractivity contribution is 0.168. The van der Waals surface area contributed by atoms with Crippen LogP contribution in [0.15, 0.2) is 0 Å². The Morgan fingerprint density at radius 3 is 2.35 bits per heavy atom. The van der Waals surface area contributed by atoms with E-state index < -0.39 is 0 Å². The Hall–Kier alpha value is -0.0800. The van der Waals surface area contributed by atoms with Crippen molar-refractivity contribution < 1.29 is 0 Å². The van der Waals surface area contributed by atoms with Crippen molar-refractivity contribution >= 4 is 0 Å².